The van der Waals surface area contributed by atoms with Crippen LogP contribution in [0.2, 0.25) is 0 Å². The summed E-state index contributed by atoms with van der Waals surface area (Å²) in [6, 6.07) is 22.2. The minimum Gasteiger partial charge on any atom is -0.382 e. The summed E-state index contributed by atoms with van der Waals surface area (Å²) in [5.74, 6) is 0.0971. The second kappa shape index (κ2) is 7.34. The fourth-order valence-corrected chi connectivity index (χ4v) is 3.53. The maximum atomic E-state index is 12.6. The van der Waals surface area contributed by atoms with Crippen LogP contribution in [0.1, 0.15) is 34.9 Å². The van der Waals surface area contributed by atoms with E-state index in [9.17, 15) is 4.79 Å². The van der Waals surface area contributed by atoms with E-state index >= 15 is 0 Å². The smallest absolute Gasteiger partial charge is 0.190 e. The molecular weight excluding hydrogens is 388 g/mol. The zero-order chi connectivity index (χ0) is 17.9. The number of halogens is 1. The highest BCUT2D eigenvalue weighted by Crippen LogP contribution is 2.28. The Morgan fingerprint density at radius 1 is 0.962 bits per heavy atom. The fraction of sp³-hybridized carbons (Fsp3) is 0.136. The normalized spacial score (nSPS) is 16.7. The SMILES string of the molecule is O=C(C1=CNC(c2ccc(-c3ccccc3)[nH]2)CC1)c1ccc(Br)cc1. The van der Waals surface area contributed by atoms with Gasteiger partial charge in [-0.05, 0) is 54.8 Å². The summed E-state index contributed by atoms with van der Waals surface area (Å²) in [5, 5.41) is 3.39. The zero-order valence-corrected chi connectivity index (χ0v) is 15.8. The summed E-state index contributed by atoms with van der Waals surface area (Å²) in [4.78, 5) is 16.1. The van der Waals surface area contributed by atoms with Gasteiger partial charge in [0.1, 0.15) is 0 Å². The molecule has 3 nitrogen and oxygen atoms in total. The molecule has 1 unspecified atom stereocenters. The van der Waals surface area contributed by atoms with E-state index in [1.165, 1.54) is 5.56 Å². The fourth-order valence-electron chi connectivity index (χ4n) is 3.27. The Morgan fingerprint density at radius 3 is 2.42 bits per heavy atom. The first-order valence-corrected chi connectivity index (χ1v) is 9.50. The molecule has 0 amide bonds. The molecule has 0 aliphatic carbocycles. The molecule has 2 N–H and O–H groups in total. The monoisotopic (exact) mass is 406 g/mol. The van der Waals surface area contributed by atoms with Gasteiger partial charge in [-0.1, -0.05) is 46.3 Å². The zero-order valence-electron chi connectivity index (χ0n) is 14.2. The molecule has 3 aromatic rings. The number of hydrogen-bond acceptors (Lipinski definition) is 2. The number of nitrogens with one attached hydrogen (secondary N) is 2. The van der Waals surface area contributed by atoms with Crippen LogP contribution < -0.4 is 5.32 Å². The number of ketones is 1. The predicted molar refractivity (Wildman–Crippen MR) is 108 cm³/mol. The average Bonchev–Trinajstić information content (AvgIpc) is 3.19. The van der Waals surface area contributed by atoms with Gasteiger partial charge in [0.25, 0.3) is 0 Å². The van der Waals surface area contributed by atoms with E-state index in [-0.39, 0.29) is 11.8 Å². The van der Waals surface area contributed by atoms with E-state index in [0.717, 1.165) is 39.8 Å². The quantitative estimate of drug-likeness (QED) is 0.550. The highest BCUT2D eigenvalue weighted by molar-refractivity contribution is 9.10. The van der Waals surface area contributed by atoms with Crippen molar-refractivity contribution in [3.05, 3.63) is 94.2 Å². The van der Waals surface area contributed by atoms with E-state index in [1.807, 2.05) is 48.7 Å². The molecule has 2 aromatic carbocycles. The van der Waals surface area contributed by atoms with Gasteiger partial charge in [-0.15, -0.1) is 0 Å². The highest BCUT2D eigenvalue weighted by atomic mass is 79.9. The number of benzene rings is 2. The highest BCUT2D eigenvalue weighted by Gasteiger charge is 2.21. The molecule has 1 aromatic heterocycles. The van der Waals surface area contributed by atoms with Gasteiger partial charge in [0.2, 0.25) is 0 Å². The molecule has 0 radical (unpaired) electrons. The molecule has 2 heterocycles. The summed E-state index contributed by atoms with van der Waals surface area (Å²) in [5.41, 5.74) is 5.00. The first kappa shape index (κ1) is 16.9. The van der Waals surface area contributed by atoms with Crippen molar-refractivity contribution in [2.24, 2.45) is 0 Å². The summed E-state index contributed by atoms with van der Waals surface area (Å²) >= 11 is 3.40. The van der Waals surface area contributed by atoms with Crippen molar-refractivity contribution in [2.45, 2.75) is 18.9 Å². The Hall–Kier alpha value is -2.59. The van der Waals surface area contributed by atoms with E-state index in [2.05, 4.69) is 50.5 Å². The maximum Gasteiger partial charge on any atom is 0.190 e. The van der Waals surface area contributed by atoms with Crippen LogP contribution in [0.15, 0.2) is 83.0 Å². The van der Waals surface area contributed by atoms with Crippen molar-refractivity contribution in [3.63, 3.8) is 0 Å². The largest absolute Gasteiger partial charge is 0.382 e. The van der Waals surface area contributed by atoms with E-state index < -0.39 is 0 Å². The Labute approximate surface area is 161 Å². The Bertz CT molecular complexity index is 942. The molecule has 0 saturated carbocycles. The van der Waals surface area contributed by atoms with Crippen LogP contribution in [-0.4, -0.2) is 10.8 Å². The van der Waals surface area contributed by atoms with E-state index in [0.29, 0.717) is 0 Å². The molecule has 0 spiro atoms. The molecule has 4 heteroatoms. The maximum absolute atomic E-state index is 12.6. The van der Waals surface area contributed by atoms with Crippen LogP contribution >= 0.6 is 15.9 Å². The lowest BCUT2D eigenvalue weighted by atomic mass is 9.94. The predicted octanol–water partition coefficient (Wildman–Crippen LogP) is 5.64. The molecule has 1 aliphatic heterocycles. The molecule has 1 atom stereocenters. The third-order valence-electron chi connectivity index (χ3n) is 4.73. The van der Waals surface area contributed by atoms with E-state index in [1.54, 1.807) is 0 Å². The van der Waals surface area contributed by atoms with Crippen LogP contribution in [-0.2, 0) is 0 Å². The third-order valence-corrected chi connectivity index (χ3v) is 5.26. The van der Waals surface area contributed by atoms with Crippen molar-refractivity contribution in [1.29, 1.82) is 0 Å². The number of H-pyrrole nitrogens is 1. The van der Waals surface area contributed by atoms with Crippen LogP contribution in [0, 0.1) is 0 Å². The van der Waals surface area contributed by atoms with Crippen LogP contribution in [0.5, 0.6) is 0 Å². The molecule has 4 rings (SSSR count). The number of allylic oxidation sites excluding steroid dienone is 1. The number of aromatic nitrogens is 1. The lowest BCUT2D eigenvalue weighted by molar-refractivity contribution is 0.102. The molecule has 0 saturated heterocycles. The number of Topliss-reactive ketones (excluding diaryl/α,β-unsaturated/α-hetero) is 1. The minimum absolute atomic E-state index is 0.0971. The molecule has 1 aliphatic rings. The van der Waals surface area contributed by atoms with Gasteiger partial charge in [0.05, 0.1) is 6.04 Å². The van der Waals surface area contributed by atoms with Crippen molar-refractivity contribution in [2.75, 3.05) is 0 Å². The first-order chi connectivity index (χ1) is 12.7. The minimum atomic E-state index is 0.0971. The van der Waals surface area contributed by atoms with Crippen molar-refractivity contribution in [1.82, 2.24) is 10.3 Å². The third kappa shape index (κ3) is 3.51. The van der Waals surface area contributed by atoms with Gasteiger partial charge in [0, 0.05) is 33.2 Å². The van der Waals surface area contributed by atoms with Crippen LogP contribution in [0.3, 0.4) is 0 Å². The molecule has 0 bridgehead atoms. The van der Waals surface area contributed by atoms with Gasteiger partial charge in [0.15, 0.2) is 5.78 Å². The number of hydrogen-bond donors (Lipinski definition) is 2. The summed E-state index contributed by atoms with van der Waals surface area (Å²) in [6.07, 6.45) is 3.54. The van der Waals surface area contributed by atoms with Gasteiger partial charge >= 0.3 is 0 Å². The second-order valence-corrected chi connectivity index (χ2v) is 7.37. The number of carbonyl (C=O) groups excluding carboxylic acids is 1. The average molecular weight is 407 g/mol. The van der Waals surface area contributed by atoms with Gasteiger partial charge < -0.3 is 10.3 Å². The first-order valence-electron chi connectivity index (χ1n) is 8.70. The molecule has 130 valence electrons. The van der Waals surface area contributed by atoms with E-state index in [4.69, 9.17) is 0 Å². The number of aromatic amines is 1. The summed E-state index contributed by atoms with van der Waals surface area (Å²) in [7, 11) is 0. The van der Waals surface area contributed by atoms with Crippen molar-refractivity contribution >= 4 is 21.7 Å². The van der Waals surface area contributed by atoms with Gasteiger partial charge in [-0.3, -0.25) is 4.79 Å². The number of rotatable bonds is 4. The van der Waals surface area contributed by atoms with Crippen molar-refractivity contribution in [3.8, 4) is 11.3 Å². The molecular formula is C22H19BrN2O. The molecule has 0 fully saturated rings. The van der Waals surface area contributed by atoms with Gasteiger partial charge in [-0.2, -0.15) is 0 Å². The molecule has 26 heavy (non-hydrogen) atoms. The summed E-state index contributed by atoms with van der Waals surface area (Å²) < 4.78 is 0.978. The number of carbonyl (C=O) groups is 1. The second-order valence-electron chi connectivity index (χ2n) is 6.46. The van der Waals surface area contributed by atoms with Crippen LogP contribution in [0.4, 0.5) is 0 Å². The Kier molecular flexibility index (Phi) is 4.76. The van der Waals surface area contributed by atoms with Crippen LogP contribution in [0.25, 0.3) is 11.3 Å². The Morgan fingerprint density at radius 2 is 1.73 bits per heavy atom. The lowest BCUT2D eigenvalue weighted by Gasteiger charge is -2.23. The van der Waals surface area contributed by atoms with Crippen molar-refractivity contribution < 1.29 is 4.79 Å². The topological polar surface area (TPSA) is 44.9 Å². The lowest BCUT2D eigenvalue weighted by Crippen LogP contribution is -2.23. The summed E-state index contributed by atoms with van der Waals surface area (Å²) in [6.45, 7) is 0. The van der Waals surface area contributed by atoms with Gasteiger partial charge in [-0.25, -0.2) is 0 Å². The standard InChI is InChI=1S/C22H19BrN2O/c23-18-9-6-16(7-10-18)22(26)17-8-11-20(24-14-17)21-13-12-19(25-21)15-4-2-1-3-5-15/h1-7,9-10,12-14,20,24-25H,8,11H2. The Balaban J connectivity index is 1.47.